The molecule has 0 bridgehead atoms. The van der Waals surface area contributed by atoms with E-state index in [-0.39, 0.29) is 0 Å². The van der Waals surface area contributed by atoms with Crippen LogP contribution < -0.4 is 0 Å². The van der Waals surface area contributed by atoms with Crippen molar-refractivity contribution in [3.05, 3.63) is 12.2 Å². The van der Waals surface area contributed by atoms with E-state index in [2.05, 4.69) is 30.9 Å². The van der Waals surface area contributed by atoms with Gasteiger partial charge in [0.25, 0.3) is 0 Å². The third kappa shape index (κ3) is 1.12. The minimum absolute atomic E-state index is 0.621. The molecule has 2 rings (SSSR count). The zero-order valence-corrected chi connectivity index (χ0v) is 6.51. The number of H-pyrrole nitrogens is 1. The highest BCUT2D eigenvalue weighted by atomic mass is 32.1. The number of nitrogens with zero attached hydrogens (tertiary/aromatic N) is 4. The van der Waals surface area contributed by atoms with Gasteiger partial charge in [-0.3, -0.25) is 0 Å². The molecule has 0 amide bonds. The van der Waals surface area contributed by atoms with Crippen LogP contribution in [-0.2, 0) is 0 Å². The van der Waals surface area contributed by atoms with Crippen LogP contribution in [-0.4, -0.2) is 24.5 Å². The molecule has 6 heteroatoms. The smallest absolute Gasteiger partial charge is 0.199 e. The van der Waals surface area contributed by atoms with Crippen molar-refractivity contribution in [1.29, 1.82) is 0 Å². The van der Waals surface area contributed by atoms with Gasteiger partial charge in [0.1, 0.15) is 5.82 Å². The zero-order chi connectivity index (χ0) is 7.68. The van der Waals surface area contributed by atoms with Gasteiger partial charge in [-0.2, -0.15) is 4.37 Å². The maximum atomic E-state index is 4.11. The van der Waals surface area contributed by atoms with Gasteiger partial charge in [0.05, 0.1) is 0 Å². The summed E-state index contributed by atoms with van der Waals surface area (Å²) in [6.45, 7) is 1.83. The van der Waals surface area contributed by atoms with Crippen molar-refractivity contribution in [3.63, 3.8) is 0 Å². The van der Waals surface area contributed by atoms with Gasteiger partial charge >= 0.3 is 0 Å². The number of nitrogens with one attached hydrogen (secondary N) is 1. The maximum Gasteiger partial charge on any atom is 0.199 e. The second kappa shape index (κ2) is 2.39. The fourth-order valence-electron chi connectivity index (χ4n) is 0.667. The zero-order valence-electron chi connectivity index (χ0n) is 5.70. The lowest BCUT2D eigenvalue weighted by atomic mass is 10.6. The molecule has 0 atom stereocenters. The van der Waals surface area contributed by atoms with Crippen LogP contribution in [0.25, 0.3) is 10.8 Å². The highest BCUT2D eigenvalue weighted by Crippen LogP contribution is 2.14. The Kier molecular flexibility index (Phi) is 1.39. The standard InChI is InChI=1S/C5H4N5S/c1-3-8-5(11-10-3)4-6-2-7-9-4/h1H3,(H,6,7,9). The van der Waals surface area contributed by atoms with Crippen molar-refractivity contribution < 1.29 is 0 Å². The first-order chi connectivity index (χ1) is 5.36. The Bertz CT molecular complexity index is 337. The van der Waals surface area contributed by atoms with Crippen LogP contribution in [0.2, 0.25) is 0 Å². The first-order valence-corrected chi connectivity index (χ1v) is 3.73. The van der Waals surface area contributed by atoms with Gasteiger partial charge in [-0.1, -0.05) is 0 Å². The van der Waals surface area contributed by atoms with Gasteiger partial charge in [-0.25, -0.2) is 4.98 Å². The van der Waals surface area contributed by atoms with E-state index in [0.29, 0.717) is 5.82 Å². The van der Waals surface area contributed by atoms with Crippen LogP contribution in [0, 0.1) is 13.3 Å². The Balaban J connectivity index is 2.45. The van der Waals surface area contributed by atoms with Crippen molar-refractivity contribution in [3.8, 4) is 10.8 Å². The van der Waals surface area contributed by atoms with Crippen LogP contribution in [0.3, 0.4) is 0 Å². The number of hydrogen-bond donors (Lipinski definition) is 1. The molecular weight excluding hydrogens is 162 g/mol. The lowest BCUT2D eigenvalue weighted by molar-refractivity contribution is 1.08. The molecule has 2 aromatic rings. The van der Waals surface area contributed by atoms with Crippen molar-refractivity contribution in [1.82, 2.24) is 24.5 Å². The molecule has 1 N–H and O–H groups in total. The van der Waals surface area contributed by atoms with Crippen molar-refractivity contribution in [2.75, 3.05) is 0 Å². The molecule has 11 heavy (non-hydrogen) atoms. The van der Waals surface area contributed by atoms with Crippen molar-refractivity contribution >= 4 is 11.5 Å². The van der Waals surface area contributed by atoms with Gasteiger partial charge in [-0.05, 0) is 18.5 Å². The summed E-state index contributed by atoms with van der Waals surface area (Å²) in [6.07, 6.45) is 2.49. The lowest BCUT2D eigenvalue weighted by Crippen LogP contribution is -1.79. The molecule has 0 spiro atoms. The molecule has 0 unspecified atom stereocenters. The van der Waals surface area contributed by atoms with Gasteiger partial charge in [-0.15, -0.1) is 10.2 Å². The third-order valence-corrected chi connectivity index (χ3v) is 1.92. The predicted molar refractivity (Wildman–Crippen MR) is 38.9 cm³/mol. The van der Waals surface area contributed by atoms with E-state index in [9.17, 15) is 0 Å². The van der Waals surface area contributed by atoms with Crippen LogP contribution in [0.15, 0.2) is 0 Å². The summed E-state index contributed by atoms with van der Waals surface area (Å²) in [5, 5.41) is 8.01. The Labute approximate surface area is 66.7 Å². The summed E-state index contributed by atoms with van der Waals surface area (Å²) in [7, 11) is 0. The summed E-state index contributed by atoms with van der Waals surface area (Å²) < 4.78 is 4.00. The number of hydrogen-bond acceptors (Lipinski definition) is 5. The lowest BCUT2D eigenvalue weighted by Gasteiger charge is -1.80. The summed E-state index contributed by atoms with van der Waals surface area (Å²) in [5.74, 6) is 1.37. The molecule has 0 fully saturated rings. The Morgan fingerprint density at radius 2 is 2.45 bits per heavy atom. The van der Waals surface area contributed by atoms with Crippen LogP contribution >= 0.6 is 11.5 Å². The topological polar surface area (TPSA) is 67.3 Å². The monoisotopic (exact) mass is 166 g/mol. The Hall–Kier alpha value is -1.30. The van der Waals surface area contributed by atoms with Crippen LogP contribution in [0.5, 0.6) is 0 Å². The van der Waals surface area contributed by atoms with E-state index < -0.39 is 0 Å². The predicted octanol–water partition coefficient (Wildman–Crippen LogP) is 0.432. The molecule has 2 heterocycles. The van der Waals surface area contributed by atoms with Crippen molar-refractivity contribution in [2.45, 2.75) is 6.92 Å². The summed E-state index contributed by atoms with van der Waals surface area (Å²) >= 11 is 1.29. The molecule has 0 aliphatic rings. The maximum absolute atomic E-state index is 4.11. The summed E-state index contributed by atoms with van der Waals surface area (Å²) in [5.41, 5.74) is 0. The largest absolute Gasteiger partial charge is 0.316 e. The molecular formula is C5H4N5S. The first kappa shape index (κ1) is 6.41. The summed E-state index contributed by atoms with van der Waals surface area (Å²) in [6, 6.07) is 0. The van der Waals surface area contributed by atoms with E-state index in [1.165, 1.54) is 11.5 Å². The third-order valence-electron chi connectivity index (χ3n) is 1.10. The Morgan fingerprint density at radius 1 is 1.55 bits per heavy atom. The van der Waals surface area contributed by atoms with Gasteiger partial charge in [0.15, 0.2) is 17.2 Å². The highest BCUT2D eigenvalue weighted by molar-refractivity contribution is 7.09. The average molecular weight is 166 g/mol. The van der Waals surface area contributed by atoms with Gasteiger partial charge in [0, 0.05) is 0 Å². The molecule has 1 radical (unpaired) electrons. The molecule has 2 aromatic heterocycles. The van der Waals surface area contributed by atoms with E-state index in [1.54, 1.807) is 0 Å². The molecule has 0 saturated heterocycles. The normalized spacial score (nSPS) is 10.3. The van der Waals surface area contributed by atoms with Gasteiger partial charge in [0.2, 0.25) is 0 Å². The fraction of sp³-hybridized carbons (Fsp3) is 0.200. The average Bonchev–Trinajstić information content (AvgIpc) is 2.55. The van der Waals surface area contributed by atoms with E-state index >= 15 is 0 Å². The van der Waals surface area contributed by atoms with E-state index in [1.807, 2.05) is 6.92 Å². The minimum Gasteiger partial charge on any atom is -0.316 e. The Morgan fingerprint density at radius 3 is 3.00 bits per heavy atom. The van der Waals surface area contributed by atoms with E-state index in [0.717, 1.165) is 10.8 Å². The molecule has 0 aliphatic heterocycles. The second-order valence-corrected chi connectivity index (χ2v) is 2.68. The molecule has 55 valence electrons. The number of aromatic amines is 1. The molecule has 0 saturated carbocycles. The number of rotatable bonds is 1. The first-order valence-electron chi connectivity index (χ1n) is 2.95. The number of aromatic nitrogens is 5. The van der Waals surface area contributed by atoms with Crippen molar-refractivity contribution in [2.24, 2.45) is 0 Å². The number of aryl methyl sites for hydroxylation is 1. The van der Waals surface area contributed by atoms with E-state index in [4.69, 9.17) is 0 Å². The fourth-order valence-corrected chi connectivity index (χ4v) is 1.28. The highest BCUT2D eigenvalue weighted by Gasteiger charge is 2.05. The van der Waals surface area contributed by atoms with Gasteiger partial charge < -0.3 is 4.98 Å². The molecule has 0 aliphatic carbocycles. The minimum atomic E-state index is 0.621. The second-order valence-electron chi connectivity index (χ2n) is 1.93. The molecule has 0 aromatic carbocycles. The molecule has 5 nitrogen and oxygen atoms in total. The summed E-state index contributed by atoms with van der Waals surface area (Å²) in [4.78, 5) is 6.83. The SMILES string of the molecule is Cc1nsc(-c2nn[c][nH]2)n1. The van der Waals surface area contributed by atoms with Crippen LogP contribution in [0.4, 0.5) is 0 Å². The quantitative estimate of drug-likeness (QED) is 0.667. The van der Waals surface area contributed by atoms with Crippen LogP contribution in [0.1, 0.15) is 5.82 Å².